The second kappa shape index (κ2) is 7.26. The molecule has 2 heterocycles. The Bertz CT molecular complexity index is 808. The number of hydrogen-bond acceptors (Lipinski definition) is 4. The van der Waals surface area contributed by atoms with Gasteiger partial charge in [0.05, 0.1) is 18.1 Å². The Kier molecular flexibility index (Phi) is 5.22. The third-order valence-corrected chi connectivity index (χ3v) is 6.99. The van der Waals surface area contributed by atoms with Gasteiger partial charge in [-0.3, -0.25) is 4.79 Å². The molecule has 7 nitrogen and oxygen atoms in total. The van der Waals surface area contributed by atoms with Gasteiger partial charge in [0, 0.05) is 11.7 Å². The van der Waals surface area contributed by atoms with Gasteiger partial charge in [-0.15, -0.1) is 0 Å². The lowest BCUT2D eigenvalue weighted by atomic mass is 9.97. The van der Waals surface area contributed by atoms with Crippen LogP contribution in [-0.4, -0.2) is 48.8 Å². The zero-order chi connectivity index (χ0) is 18.9. The Labute approximate surface area is 154 Å². The minimum atomic E-state index is -3.09. The topological polar surface area (TPSA) is 95.6 Å². The first-order valence-electron chi connectivity index (χ1n) is 8.97. The molecule has 0 bridgehead atoms. The van der Waals surface area contributed by atoms with Crippen molar-refractivity contribution in [1.29, 1.82) is 0 Å². The number of para-hydroxylation sites is 1. The first-order chi connectivity index (χ1) is 12.3. The minimum Gasteiger partial charge on any atom is -0.334 e. The number of carbonyl (C=O) groups is 2. The Morgan fingerprint density at radius 2 is 2.12 bits per heavy atom. The molecule has 0 saturated carbocycles. The van der Waals surface area contributed by atoms with Crippen molar-refractivity contribution in [2.75, 3.05) is 16.8 Å². The predicted molar refractivity (Wildman–Crippen MR) is 99.4 cm³/mol. The highest BCUT2D eigenvalue weighted by Crippen LogP contribution is 2.27. The number of sulfone groups is 1. The van der Waals surface area contributed by atoms with Crippen LogP contribution in [-0.2, 0) is 21.2 Å². The van der Waals surface area contributed by atoms with E-state index in [2.05, 4.69) is 10.6 Å². The van der Waals surface area contributed by atoms with Crippen LogP contribution in [0.2, 0.25) is 0 Å². The number of benzene rings is 1. The Balaban J connectivity index is 1.87. The van der Waals surface area contributed by atoms with E-state index in [4.69, 9.17) is 0 Å². The quantitative estimate of drug-likeness (QED) is 0.836. The van der Waals surface area contributed by atoms with E-state index in [9.17, 15) is 18.0 Å². The van der Waals surface area contributed by atoms with Crippen molar-refractivity contribution in [2.24, 2.45) is 5.92 Å². The fourth-order valence-corrected chi connectivity index (χ4v) is 5.24. The maximum atomic E-state index is 12.9. The third-order valence-electron chi connectivity index (χ3n) is 5.22. The smallest absolute Gasteiger partial charge is 0.318 e. The van der Waals surface area contributed by atoms with E-state index in [0.717, 1.165) is 12.0 Å². The largest absolute Gasteiger partial charge is 0.334 e. The van der Waals surface area contributed by atoms with Crippen LogP contribution in [0, 0.1) is 5.92 Å². The highest BCUT2D eigenvalue weighted by atomic mass is 32.2. The van der Waals surface area contributed by atoms with Crippen LogP contribution in [0.15, 0.2) is 24.3 Å². The van der Waals surface area contributed by atoms with Crippen LogP contribution < -0.4 is 10.6 Å². The van der Waals surface area contributed by atoms with E-state index in [1.807, 2.05) is 38.1 Å². The third kappa shape index (κ3) is 3.85. The summed E-state index contributed by atoms with van der Waals surface area (Å²) in [5.41, 5.74) is 1.57. The summed E-state index contributed by atoms with van der Waals surface area (Å²) in [6, 6.07) is 6.03. The maximum Gasteiger partial charge on any atom is 0.318 e. The van der Waals surface area contributed by atoms with E-state index in [1.54, 1.807) is 4.90 Å². The maximum absolute atomic E-state index is 12.9. The zero-order valence-electron chi connectivity index (χ0n) is 15.1. The highest BCUT2D eigenvalue weighted by molar-refractivity contribution is 7.91. The summed E-state index contributed by atoms with van der Waals surface area (Å²) in [6.07, 6.45) is 1.16. The molecule has 3 rings (SSSR count). The molecule has 0 aliphatic carbocycles. The van der Waals surface area contributed by atoms with Gasteiger partial charge >= 0.3 is 6.03 Å². The van der Waals surface area contributed by atoms with Crippen molar-refractivity contribution in [3.05, 3.63) is 29.8 Å². The molecule has 0 spiro atoms. The minimum absolute atomic E-state index is 0.0256. The average Bonchev–Trinajstić information content (AvgIpc) is 2.85. The number of hydrogen-bond donors (Lipinski definition) is 2. The number of urea groups is 1. The Morgan fingerprint density at radius 3 is 2.77 bits per heavy atom. The summed E-state index contributed by atoms with van der Waals surface area (Å²) >= 11 is 0. The van der Waals surface area contributed by atoms with E-state index >= 15 is 0 Å². The molecule has 2 aliphatic rings. The SMILES string of the molecule is CC[C@H](C)[C@H]1C(=O)Nc2ccccc2CN1C(=O)NC1CCS(=O)(=O)C1. The molecule has 26 heavy (non-hydrogen) atoms. The van der Waals surface area contributed by atoms with E-state index in [1.165, 1.54) is 0 Å². The standard InChI is InChI=1S/C18H25N3O4S/c1-3-12(2)16-17(22)20-15-7-5-4-6-13(15)10-21(16)18(23)19-14-8-9-26(24,25)11-14/h4-7,12,14,16H,3,8-11H2,1-2H3,(H,19,23)(H,20,22)/t12-,14?,16-/m0/s1. The molecule has 142 valence electrons. The van der Waals surface area contributed by atoms with E-state index in [0.29, 0.717) is 18.7 Å². The summed E-state index contributed by atoms with van der Waals surface area (Å²) in [5.74, 6) is -0.180. The molecule has 1 aromatic rings. The number of amides is 3. The second-order valence-electron chi connectivity index (χ2n) is 7.15. The summed E-state index contributed by atoms with van der Waals surface area (Å²) in [5, 5.41) is 5.74. The molecule has 8 heteroatoms. The van der Waals surface area contributed by atoms with Gasteiger partial charge in [0.15, 0.2) is 9.84 Å². The number of nitrogens with zero attached hydrogens (tertiary/aromatic N) is 1. The van der Waals surface area contributed by atoms with Crippen molar-refractivity contribution in [1.82, 2.24) is 10.2 Å². The van der Waals surface area contributed by atoms with Crippen LogP contribution in [0.4, 0.5) is 10.5 Å². The van der Waals surface area contributed by atoms with Crippen LogP contribution in [0.3, 0.4) is 0 Å². The molecule has 3 amide bonds. The van der Waals surface area contributed by atoms with E-state index < -0.39 is 21.9 Å². The number of nitrogens with one attached hydrogen (secondary N) is 2. The van der Waals surface area contributed by atoms with Crippen LogP contribution >= 0.6 is 0 Å². The monoisotopic (exact) mass is 379 g/mol. The Hall–Kier alpha value is -2.09. The van der Waals surface area contributed by atoms with Crippen molar-refractivity contribution in [3.8, 4) is 0 Å². The van der Waals surface area contributed by atoms with Gasteiger partial charge in [0.1, 0.15) is 6.04 Å². The molecule has 3 atom stereocenters. The second-order valence-corrected chi connectivity index (χ2v) is 9.38. The zero-order valence-corrected chi connectivity index (χ0v) is 15.9. The van der Waals surface area contributed by atoms with Gasteiger partial charge in [-0.25, -0.2) is 13.2 Å². The molecule has 2 aliphatic heterocycles. The highest BCUT2D eigenvalue weighted by Gasteiger charge is 2.38. The van der Waals surface area contributed by atoms with Crippen LogP contribution in [0.1, 0.15) is 32.3 Å². The van der Waals surface area contributed by atoms with Crippen molar-refractivity contribution >= 4 is 27.5 Å². The molecule has 1 aromatic carbocycles. The van der Waals surface area contributed by atoms with Crippen LogP contribution in [0.25, 0.3) is 0 Å². The molecule has 2 N–H and O–H groups in total. The first-order valence-corrected chi connectivity index (χ1v) is 10.8. The van der Waals surface area contributed by atoms with Gasteiger partial charge in [-0.2, -0.15) is 0 Å². The van der Waals surface area contributed by atoms with Crippen molar-refractivity contribution in [2.45, 2.75) is 45.3 Å². The Morgan fingerprint density at radius 1 is 1.38 bits per heavy atom. The lowest BCUT2D eigenvalue weighted by Gasteiger charge is -2.33. The van der Waals surface area contributed by atoms with E-state index in [-0.39, 0.29) is 29.4 Å². The summed E-state index contributed by atoms with van der Waals surface area (Å²) < 4.78 is 23.3. The first kappa shape index (κ1) is 18.7. The molecule has 1 saturated heterocycles. The lowest BCUT2D eigenvalue weighted by molar-refractivity contribution is -0.121. The summed E-state index contributed by atoms with van der Waals surface area (Å²) in [4.78, 5) is 27.3. The van der Waals surface area contributed by atoms with Gasteiger partial charge in [0.2, 0.25) is 5.91 Å². The van der Waals surface area contributed by atoms with Gasteiger partial charge < -0.3 is 15.5 Å². The number of fused-ring (bicyclic) bond motifs is 1. The van der Waals surface area contributed by atoms with Crippen molar-refractivity contribution in [3.63, 3.8) is 0 Å². The molecular formula is C18H25N3O4S. The van der Waals surface area contributed by atoms with Gasteiger partial charge in [0.25, 0.3) is 0 Å². The molecular weight excluding hydrogens is 354 g/mol. The molecule has 1 unspecified atom stereocenters. The molecule has 0 radical (unpaired) electrons. The summed E-state index contributed by atoms with van der Waals surface area (Å²) in [6.45, 7) is 4.23. The molecule has 0 aromatic heterocycles. The van der Waals surface area contributed by atoms with Crippen LogP contribution in [0.5, 0.6) is 0 Å². The van der Waals surface area contributed by atoms with Gasteiger partial charge in [-0.1, -0.05) is 38.5 Å². The van der Waals surface area contributed by atoms with Gasteiger partial charge in [-0.05, 0) is 24.0 Å². The number of anilines is 1. The molecule has 1 fully saturated rings. The van der Waals surface area contributed by atoms with Crippen molar-refractivity contribution < 1.29 is 18.0 Å². The number of rotatable bonds is 3. The lowest BCUT2D eigenvalue weighted by Crippen LogP contribution is -2.54. The fraction of sp³-hybridized carbons (Fsp3) is 0.556. The normalized spacial score (nSPS) is 25.8. The average molecular weight is 379 g/mol. The predicted octanol–water partition coefficient (Wildman–Crippen LogP) is 1.75. The summed E-state index contributed by atoms with van der Waals surface area (Å²) in [7, 11) is -3.09. The fourth-order valence-electron chi connectivity index (χ4n) is 3.56. The number of carbonyl (C=O) groups excluding carboxylic acids is 2.